The average molecular weight is 287 g/mol. The Labute approximate surface area is 104 Å². The molecule has 4 heteroatoms. The van der Waals surface area contributed by atoms with Gasteiger partial charge in [-0.3, -0.25) is 0 Å². The molecule has 1 aliphatic rings. The summed E-state index contributed by atoms with van der Waals surface area (Å²) in [6.45, 7) is 3.44. The predicted molar refractivity (Wildman–Crippen MR) is 65.3 cm³/mol. The number of fused-ring (bicyclic) bond motifs is 1. The third kappa shape index (κ3) is 2.18. The summed E-state index contributed by atoms with van der Waals surface area (Å²) < 4.78 is 12.3. The summed E-state index contributed by atoms with van der Waals surface area (Å²) in [6.07, 6.45) is 1.56. The monoisotopic (exact) mass is 286 g/mol. The molecule has 88 valence electrons. The zero-order valence-corrected chi connectivity index (χ0v) is 10.8. The highest BCUT2D eigenvalue weighted by atomic mass is 79.9. The van der Waals surface area contributed by atoms with Gasteiger partial charge in [-0.05, 0) is 31.4 Å². The molecule has 0 aromatic heterocycles. The first kappa shape index (κ1) is 11.7. The van der Waals surface area contributed by atoms with Gasteiger partial charge in [0, 0.05) is 16.6 Å². The lowest BCUT2D eigenvalue weighted by Crippen LogP contribution is -2.17. The van der Waals surface area contributed by atoms with Crippen molar-refractivity contribution in [2.45, 2.75) is 19.8 Å². The number of halogens is 1. The number of benzene rings is 1. The van der Waals surface area contributed by atoms with E-state index in [0.29, 0.717) is 13.2 Å². The lowest BCUT2D eigenvalue weighted by atomic mass is 10.0. The fourth-order valence-corrected chi connectivity index (χ4v) is 2.32. The van der Waals surface area contributed by atoms with Crippen LogP contribution >= 0.6 is 15.9 Å². The SMILES string of the molecule is Cc1c(Br)cc2c(c1CCCO)OCCO2. The van der Waals surface area contributed by atoms with E-state index >= 15 is 0 Å². The molecular formula is C12H15BrO3. The molecule has 16 heavy (non-hydrogen) atoms. The zero-order valence-electron chi connectivity index (χ0n) is 9.25. The highest BCUT2D eigenvalue weighted by Gasteiger charge is 2.19. The van der Waals surface area contributed by atoms with Gasteiger partial charge in [0.1, 0.15) is 13.2 Å². The quantitative estimate of drug-likeness (QED) is 0.928. The number of hydrogen-bond acceptors (Lipinski definition) is 3. The van der Waals surface area contributed by atoms with Gasteiger partial charge in [-0.1, -0.05) is 15.9 Å². The van der Waals surface area contributed by atoms with Crippen LogP contribution in [0.1, 0.15) is 17.5 Å². The molecule has 0 fully saturated rings. The minimum atomic E-state index is 0.196. The van der Waals surface area contributed by atoms with Gasteiger partial charge in [0.15, 0.2) is 11.5 Å². The second-order valence-electron chi connectivity index (χ2n) is 3.81. The van der Waals surface area contributed by atoms with Gasteiger partial charge in [0.2, 0.25) is 0 Å². The summed E-state index contributed by atoms with van der Waals surface area (Å²) in [5.41, 5.74) is 2.30. The van der Waals surface area contributed by atoms with Crippen molar-refractivity contribution in [3.63, 3.8) is 0 Å². The first-order valence-corrected chi connectivity index (χ1v) is 6.21. The number of aliphatic hydroxyl groups excluding tert-OH is 1. The van der Waals surface area contributed by atoms with Crippen molar-refractivity contribution < 1.29 is 14.6 Å². The van der Waals surface area contributed by atoms with Gasteiger partial charge in [0.25, 0.3) is 0 Å². The van der Waals surface area contributed by atoms with Crippen LogP contribution in [-0.4, -0.2) is 24.9 Å². The number of aliphatic hydroxyl groups is 1. The molecule has 1 aromatic carbocycles. The number of ether oxygens (including phenoxy) is 2. The fraction of sp³-hybridized carbons (Fsp3) is 0.500. The first-order chi connectivity index (χ1) is 7.74. The Hall–Kier alpha value is -0.740. The van der Waals surface area contributed by atoms with E-state index in [1.54, 1.807) is 0 Å². The normalized spacial score (nSPS) is 13.9. The Kier molecular flexibility index (Phi) is 3.71. The highest BCUT2D eigenvalue weighted by Crippen LogP contribution is 2.40. The topological polar surface area (TPSA) is 38.7 Å². The van der Waals surface area contributed by atoms with Crippen LogP contribution in [0, 0.1) is 6.92 Å². The smallest absolute Gasteiger partial charge is 0.164 e. The fourth-order valence-electron chi connectivity index (χ4n) is 1.87. The van der Waals surface area contributed by atoms with E-state index in [-0.39, 0.29) is 6.61 Å². The standard InChI is InChI=1S/C12H15BrO3/c1-8-9(3-2-4-14)12-11(7-10(8)13)15-5-6-16-12/h7,14H,2-6H2,1H3. The van der Waals surface area contributed by atoms with Crippen LogP contribution < -0.4 is 9.47 Å². The Morgan fingerprint density at radius 1 is 1.38 bits per heavy atom. The Bertz CT molecular complexity index is 390. The van der Waals surface area contributed by atoms with Crippen molar-refractivity contribution in [1.29, 1.82) is 0 Å². The maximum absolute atomic E-state index is 8.91. The largest absolute Gasteiger partial charge is 0.486 e. The maximum atomic E-state index is 8.91. The Morgan fingerprint density at radius 3 is 2.88 bits per heavy atom. The molecule has 1 aliphatic heterocycles. The van der Waals surface area contributed by atoms with Crippen LogP contribution in [0.3, 0.4) is 0 Å². The summed E-state index contributed by atoms with van der Waals surface area (Å²) >= 11 is 3.52. The van der Waals surface area contributed by atoms with Crippen molar-refractivity contribution in [1.82, 2.24) is 0 Å². The van der Waals surface area contributed by atoms with E-state index in [9.17, 15) is 0 Å². The van der Waals surface area contributed by atoms with E-state index in [0.717, 1.165) is 39.9 Å². The molecule has 0 atom stereocenters. The second-order valence-corrected chi connectivity index (χ2v) is 4.67. The molecule has 0 saturated carbocycles. The lowest BCUT2D eigenvalue weighted by Gasteiger charge is -2.23. The van der Waals surface area contributed by atoms with Gasteiger partial charge in [-0.2, -0.15) is 0 Å². The van der Waals surface area contributed by atoms with Gasteiger partial charge in [0.05, 0.1) is 0 Å². The lowest BCUT2D eigenvalue weighted by molar-refractivity contribution is 0.169. The minimum absolute atomic E-state index is 0.196. The molecular weight excluding hydrogens is 272 g/mol. The van der Waals surface area contributed by atoms with Crippen molar-refractivity contribution >= 4 is 15.9 Å². The van der Waals surface area contributed by atoms with Crippen LogP contribution in [0.2, 0.25) is 0 Å². The summed E-state index contributed by atoms with van der Waals surface area (Å²) in [5, 5.41) is 8.91. The Balaban J connectivity index is 2.41. The van der Waals surface area contributed by atoms with E-state index in [2.05, 4.69) is 22.9 Å². The summed E-state index contributed by atoms with van der Waals surface area (Å²) in [4.78, 5) is 0. The van der Waals surface area contributed by atoms with Crippen LogP contribution in [0.15, 0.2) is 10.5 Å². The van der Waals surface area contributed by atoms with E-state index in [1.807, 2.05) is 6.07 Å². The maximum Gasteiger partial charge on any atom is 0.164 e. The second kappa shape index (κ2) is 5.06. The number of rotatable bonds is 3. The third-order valence-corrected chi connectivity index (χ3v) is 3.56. The van der Waals surface area contributed by atoms with Gasteiger partial charge < -0.3 is 14.6 Å². The molecule has 0 radical (unpaired) electrons. The van der Waals surface area contributed by atoms with E-state index in [4.69, 9.17) is 14.6 Å². The summed E-state index contributed by atoms with van der Waals surface area (Å²) in [6, 6.07) is 1.95. The number of hydrogen-bond donors (Lipinski definition) is 1. The first-order valence-electron chi connectivity index (χ1n) is 5.42. The molecule has 0 unspecified atom stereocenters. The van der Waals surface area contributed by atoms with Crippen molar-refractivity contribution in [2.75, 3.05) is 19.8 Å². The third-order valence-electron chi connectivity index (χ3n) is 2.74. The van der Waals surface area contributed by atoms with Crippen molar-refractivity contribution in [2.24, 2.45) is 0 Å². The molecule has 3 nitrogen and oxygen atoms in total. The Morgan fingerprint density at radius 2 is 2.12 bits per heavy atom. The predicted octanol–water partition coefficient (Wildman–Crippen LogP) is 2.45. The van der Waals surface area contributed by atoms with Crippen molar-refractivity contribution in [3.8, 4) is 11.5 Å². The van der Waals surface area contributed by atoms with Crippen molar-refractivity contribution in [3.05, 3.63) is 21.7 Å². The molecule has 0 aliphatic carbocycles. The molecule has 1 aromatic rings. The molecule has 0 saturated heterocycles. The highest BCUT2D eigenvalue weighted by molar-refractivity contribution is 9.10. The molecule has 1 heterocycles. The van der Waals surface area contributed by atoms with Crippen LogP contribution in [-0.2, 0) is 6.42 Å². The molecule has 0 spiro atoms. The van der Waals surface area contributed by atoms with E-state index < -0.39 is 0 Å². The molecule has 0 bridgehead atoms. The summed E-state index contributed by atoms with van der Waals surface area (Å²) in [7, 11) is 0. The van der Waals surface area contributed by atoms with Crippen LogP contribution in [0.25, 0.3) is 0 Å². The van der Waals surface area contributed by atoms with Gasteiger partial charge in [-0.25, -0.2) is 0 Å². The minimum Gasteiger partial charge on any atom is -0.486 e. The van der Waals surface area contributed by atoms with Gasteiger partial charge >= 0.3 is 0 Å². The van der Waals surface area contributed by atoms with Crippen LogP contribution in [0.5, 0.6) is 11.5 Å². The molecule has 0 amide bonds. The average Bonchev–Trinajstić information content (AvgIpc) is 2.30. The van der Waals surface area contributed by atoms with Crippen LogP contribution in [0.4, 0.5) is 0 Å². The van der Waals surface area contributed by atoms with Gasteiger partial charge in [-0.15, -0.1) is 0 Å². The summed E-state index contributed by atoms with van der Waals surface area (Å²) in [5.74, 6) is 1.65. The molecule has 1 N–H and O–H groups in total. The zero-order chi connectivity index (χ0) is 11.5. The van der Waals surface area contributed by atoms with E-state index in [1.165, 1.54) is 0 Å². The molecule has 2 rings (SSSR count).